The van der Waals surface area contributed by atoms with Gasteiger partial charge in [0.1, 0.15) is 6.04 Å². The van der Waals surface area contributed by atoms with Crippen LogP contribution >= 0.6 is 23.2 Å². The summed E-state index contributed by atoms with van der Waals surface area (Å²) < 4.78 is 26.5. The number of nitrogens with zero attached hydrogens (tertiary/aromatic N) is 2. The number of sulfonamides is 1. The normalized spacial score (nSPS) is 13.1. The van der Waals surface area contributed by atoms with Crippen LogP contribution in [0.2, 0.25) is 10.0 Å². The van der Waals surface area contributed by atoms with Crippen molar-refractivity contribution < 1.29 is 18.0 Å². The van der Waals surface area contributed by atoms with Gasteiger partial charge in [-0.3, -0.25) is 13.9 Å². The fraction of sp³-hybridized carbons (Fsp3) is 0.500. The van der Waals surface area contributed by atoms with Crippen molar-refractivity contribution in [2.75, 3.05) is 17.1 Å². The number of amides is 2. The lowest BCUT2D eigenvalue weighted by Crippen LogP contribution is -2.50. The Bertz CT molecular complexity index is 1240. The molecule has 0 spiro atoms. The van der Waals surface area contributed by atoms with Crippen LogP contribution in [0.25, 0.3) is 0 Å². The highest BCUT2D eigenvalue weighted by Gasteiger charge is 2.30. The van der Waals surface area contributed by atoms with Gasteiger partial charge in [0.25, 0.3) is 0 Å². The molecule has 0 radical (unpaired) electrons. The van der Waals surface area contributed by atoms with E-state index < -0.39 is 16.1 Å². The van der Waals surface area contributed by atoms with Crippen molar-refractivity contribution in [3.8, 4) is 0 Å². The number of rotatable bonds is 13. The monoisotopic (exact) mass is 583 g/mol. The van der Waals surface area contributed by atoms with Crippen molar-refractivity contribution in [3.05, 3.63) is 63.1 Å². The van der Waals surface area contributed by atoms with Gasteiger partial charge < -0.3 is 10.2 Å². The van der Waals surface area contributed by atoms with Gasteiger partial charge in [0.15, 0.2) is 0 Å². The summed E-state index contributed by atoms with van der Waals surface area (Å²) >= 11 is 12.5. The molecule has 0 bridgehead atoms. The van der Waals surface area contributed by atoms with Crippen molar-refractivity contribution in [2.24, 2.45) is 0 Å². The van der Waals surface area contributed by atoms with Crippen molar-refractivity contribution in [3.63, 3.8) is 0 Å². The molecule has 38 heavy (non-hydrogen) atoms. The van der Waals surface area contributed by atoms with E-state index in [1.807, 2.05) is 46.8 Å². The Morgan fingerprint density at radius 2 is 1.68 bits per heavy atom. The number of carbonyl (C=O) groups is 2. The lowest BCUT2D eigenvalue weighted by molar-refractivity contribution is -0.141. The molecule has 2 aromatic carbocycles. The summed E-state index contributed by atoms with van der Waals surface area (Å²) in [6, 6.07) is 9.80. The van der Waals surface area contributed by atoms with E-state index in [1.165, 1.54) is 9.21 Å². The molecule has 2 aromatic rings. The maximum Gasteiger partial charge on any atom is 0.243 e. The average molecular weight is 585 g/mol. The number of nitrogens with one attached hydrogen (secondary N) is 1. The minimum Gasteiger partial charge on any atom is -0.352 e. The third-order valence-corrected chi connectivity index (χ3v) is 8.45. The van der Waals surface area contributed by atoms with Crippen LogP contribution < -0.4 is 9.62 Å². The first-order valence-corrected chi connectivity index (χ1v) is 15.5. The molecule has 2 atom stereocenters. The van der Waals surface area contributed by atoms with E-state index in [4.69, 9.17) is 23.2 Å². The predicted molar refractivity (Wildman–Crippen MR) is 156 cm³/mol. The number of aryl methyl sites for hydroxylation is 2. The summed E-state index contributed by atoms with van der Waals surface area (Å²) in [7, 11) is -3.56. The minimum atomic E-state index is -3.56. The topological polar surface area (TPSA) is 86.8 Å². The van der Waals surface area contributed by atoms with Crippen molar-refractivity contribution in [1.82, 2.24) is 10.2 Å². The largest absolute Gasteiger partial charge is 0.352 e. The maximum absolute atomic E-state index is 13.6. The van der Waals surface area contributed by atoms with E-state index in [0.29, 0.717) is 27.7 Å². The molecule has 2 unspecified atom stereocenters. The molecular weight excluding hydrogens is 545 g/mol. The van der Waals surface area contributed by atoms with Crippen LogP contribution in [-0.2, 0) is 26.2 Å². The molecule has 0 fully saturated rings. The molecule has 1 N–H and O–H groups in total. The Balaban J connectivity index is 2.28. The zero-order valence-corrected chi connectivity index (χ0v) is 25.4. The molecule has 0 heterocycles. The molecule has 0 saturated carbocycles. The molecule has 210 valence electrons. The van der Waals surface area contributed by atoms with Crippen molar-refractivity contribution in [1.29, 1.82) is 0 Å². The van der Waals surface area contributed by atoms with Crippen LogP contribution in [0.3, 0.4) is 0 Å². The molecule has 0 aliphatic rings. The fourth-order valence-electron chi connectivity index (χ4n) is 4.08. The molecular formula is C28H39Cl2N3O4S. The van der Waals surface area contributed by atoms with Crippen LogP contribution in [0.4, 0.5) is 5.69 Å². The summed E-state index contributed by atoms with van der Waals surface area (Å²) in [5.74, 6) is -0.483. The summed E-state index contributed by atoms with van der Waals surface area (Å²) in [5, 5.41) is 3.86. The van der Waals surface area contributed by atoms with Gasteiger partial charge >= 0.3 is 0 Å². The van der Waals surface area contributed by atoms with Crippen LogP contribution in [0.1, 0.15) is 63.1 Å². The van der Waals surface area contributed by atoms with E-state index in [1.54, 1.807) is 24.3 Å². The Morgan fingerprint density at radius 1 is 1.00 bits per heavy atom. The Kier molecular flexibility index (Phi) is 11.9. The number of hydrogen-bond donors (Lipinski definition) is 1. The van der Waals surface area contributed by atoms with E-state index >= 15 is 0 Å². The number of benzene rings is 2. The van der Waals surface area contributed by atoms with Crippen molar-refractivity contribution in [2.45, 2.75) is 78.9 Å². The summed E-state index contributed by atoms with van der Waals surface area (Å²) in [6.07, 6.45) is 2.68. The SMILES string of the molecule is CCC(C)NC(=O)C(CC)N(Cc1ccc(Cl)cc1Cl)C(=O)CCCN(c1ccc(C)c(C)c1)S(C)(=O)=O. The highest BCUT2D eigenvalue weighted by molar-refractivity contribution is 7.92. The molecule has 0 aliphatic heterocycles. The molecule has 2 amide bonds. The van der Waals surface area contributed by atoms with Gasteiger partial charge in [0.05, 0.1) is 11.9 Å². The van der Waals surface area contributed by atoms with Gasteiger partial charge in [-0.25, -0.2) is 8.42 Å². The third kappa shape index (κ3) is 8.89. The van der Waals surface area contributed by atoms with Gasteiger partial charge in [-0.1, -0.05) is 49.2 Å². The first-order valence-electron chi connectivity index (χ1n) is 12.9. The zero-order chi connectivity index (χ0) is 28.6. The summed E-state index contributed by atoms with van der Waals surface area (Å²) in [6.45, 7) is 9.91. The first kappa shape index (κ1) is 31.9. The number of halogens is 2. The quantitative estimate of drug-likeness (QED) is 0.319. The second-order valence-electron chi connectivity index (χ2n) is 9.71. The van der Waals surface area contributed by atoms with Gasteiger partial charge in [-0.15, -0.1) is 0 Å². The van der Waals surface area contributed by atoms with Crippen molar-refractivity contribution >= 4 is 50.7 Å². The minimum absolute atomic E-state index is 0.0334. The Morgan fingerprint density at radius 3 is 2.24 bits per heavy atom. The number of carbonyl (C=O) groups excluding carboxylic acids is 2. The first-order chi connectivity index (χ1) is 17.8. The average Bonchev–Trinajstić information content (AvgIpc) is 2.83. The lowest BCUT2D eigenvalue weighted by Gasteiger charge is -2.32. The summed E-state index contributed by atoms with van der Waals surface area (Å²) in [5.41, 5.74) is 3.28. The van der Waals surface area contributed by atoms with Gasteiger partial charge in [0.2, 0.25) is 21.8 Å². The van der Waals surface area contributed by atoms with E-state index in [9.17, 15) is 18.0 Å². The second-order valence-corrected chi connectivity index (χ2v) is 12.5. The standard InChI is InChI=1S/C28H39Cl2N3O4S/c1-7-21(5)31-28(35)26(8-2)32(18-22-12-13-23(29)17-25(22)30)27(34)10-9-15-33(38(6,36)37)24-14-11-19(3)20(4)16-24/h11-14,16-17,21,26H,7-10,15,18H2,1-6H3,(H,31,35). The van der Waals surface area contributed by atoms with Crippen LogP contribution in [0.15, 0.2) is 36.4 Å². The highest BCUT2D eigenvalue weighted by atomic mass is 35.5. The third-order valence-electron chi connectivity index (χ3n) is 6.67. The molecule has 10 heteroatoms. The lowest BCUT2D eigenvalue weighted by atomic mass is 10.1. The van der Waals surface area contributed by atoms with Crippen LogP contribution in [0, 0.1) is 13.8 Å². The fourth-order valence-corrected chi connectivity index (χ4v) is 5.50. The van der Waals surface area contributed by atoms with Gasteiger partial charge in [-0.05, 0) is 81.0 Å². The van der Waals surface area contributed by atoms with Gasteiger partial charge in [0, 0.05) is 35.6 Å². The molecule has 0 saturated heterocycles. The zero-order valence-electron chi connectivity index (χ0n) is 23.1. The maximum atomic E-state index is 13.6. The van der Waals surface area contributed by atoms with E-state index in [-0.39, 0.29) is 43.8 Å². The number of anilines is 1. The molecule has 7 nitrogen and oxygen atoms in total. The smallest absolute Gasteiger partial charge is 0.243 e. The number of hydrogen-bond acceptors (Lipinski definition) is 4. The molecule has 0 aromatic heterocycles. The van der Waals surface area contributed by atoms with Crippen LogP contribution in [0.5, 0.6) is 0 Å². The predicted octanol–water partition coefficient (Wildman–Crippen LogP) is 5.88. The van der Waals surface area contributed by atoms with E-state index in [2.05, 4.69) is 5.32 Å². The second kappa shape index (κ2) is 14.2. The van der Waals surface area contributed by atoms with Gasteiger partial charge in [-0.2, -0.15) is 0 Å². The van der Waals surface area contributed by atoms with E-state index in [0.717, 1.165) is 23.8 Å². The molecule has 2 rings (SSSR count). The highest BCUT2D eigenvalue weighted by Crippen LogP contribution is 2.25. The Labute approximate surface area is 237 Å². The van der Waals surface area contributed by atoms with Crippen LogP contribution in [-0.4, -0.2) is 50.0 Å². The Hall–Kier alpha value is -2.29. The molecule has 0 aliphatic carbocycles. The summed E-state index contributed by atoms with van der Waals surface area (Å²) in [4.78, 5) is 28.2.